The first kappa shape index (κ1) is 16.8. The molecule has 7 nitrogen and oxygen atoms in total. The van der Waals surface area contributed by atoms with Gasteiger partial charge in [0, 0.05) is 19.2 Å². The maximum absolute atomic E-state index is 10.1. The van der Waals surface area contributed by atoms with Crippen molar-refractivity contribution < 1.29 is 28.8 Å². The van der Waals surface area contributed by atoms with Crippen molar-refractivity contribution in [3.05, 3.63) is 42.5 Å². The third-order valence-electron chi connectivity index (χ3n) is 4.11. The minimum atomic E-state index is -0.641. The standard InChI is InChI=1S/C19H21NO6/c21-13(10-22-14-5-6-17-19(7-14)25-12-24-17)8-20-9-15-11-23-16-3-1-2-4-18(16)26-15/h1-7,13,15,20-21H,8-12H2/t13-,15?/m0/s1. The van der Waals surface area contributed by atoms with E-state index in [0.29, 0.717) is 36.9 Å². The largest absolute Gasteiger partial charge is 0.491 e. The zero-order valence-electron chi connectivity index (χ0n) is 14.2. The van der Waals surface area contributed by atoms with Gasteiger partial charge in [0.25, 0.3) is 0 Å². The lowest BCUT2D eigenvalue weighted by Crippen LogP contribution is -2.41. The summed E-state index contributed by atoms with van der Waals surface area (Å²) in [5.74, 6) is 3.51. The molecule has 0 bridgehead atoms. The number of benzene rings is 2. The van der Waals surface area contributed by atoms with Crippen molar-refractivity contribution in [2.45, 2.75) is 12.2 Å². The van der Waals surface area contributed by atoms with Gasteiger partial charge in [-0.25, -0.2) is 0 Å². The predicted octanol–water partition coefficient (Wildman–Crippen LogP) is 1.58. The average molecular weight is 359 g/mol. The molecule has 2 atom stereocenters. The second-order valence-electron chi connectivity index (χ2n) is 6.14. The van der Waals surface area contributed by atoms with Gasteiger partial charge in [0.2, 0.25) is 6.79 Å². The first-order valence-electron chi connectivity index (χ1n) is 8.57. The van der Waals surface area contributed by atoms with Crippen LogP contribution in [0.1, 0.15) is 0 Å². The molecular formula is C19H21NO6. The highest BCUT2D eigenvalue weighted by atomic mass is 16.7. The molecule has 26 heavy (non-hydrogen) atoms. The molecule has 0 aliphatic carbocycles. The second kappa shape index (κ2) is 7.72. The Balaban J connectivity index is 1.17. The fraction of sp³-hybridized carbons (Fsp3) is 0.368. The molecule has 0 aromatic heterocycles. The smallest absolute Gasteiger partial charge is 0.231 e. The van der Waals surface area contributed by atoms with Crippen LogP contribution in [0.15, 0.2) is 42.5 Å². The summed E-state index contributed by atoms with van der Waals surface area (Å²) in [4.78, 5) is 0. The van der Waals surface area contributed by atoms with Gasteiger partial charge in [-0.1, -0.05) is 12.1 Å². The first-order valence-corrected chi connectivity index (χ1v) is 8.57. The minimum absolute atomic E-state index is 0.0909. The highest BCUT2D eigenvalue weighted by Crippen LogP contribution is 2.35. The molecule has 7 heteroatoms. The van der Waals surface area contributed by atoms with Crippen molar-refractivity contribution in [3.8, 4) is 28.7 Å². The Labute approximate surface area is 151 Å². The molecule has 2 aliphatic heterocycles. The summed E-state index contributed by atoms with van der Waals surface area (Å²) in [5, 5.41) is 13.3. The number of fused-ring (bicyclic) bond motifs is 2. The van der Waals surface area contributed by atoms with Gasteiger partial charge < -0.3 is 34.1 Å². The van der Waals surface area contributed by atoms with Crippen molar-refractivity contribution in [2.24, 2.45) is 0 Å². The highest BCUT2D eigenvalue weighted by Gasteiger charge is 2.20. The Hall–Kier alpha value is -2.64. The molecule has 4 rings (SSSR count). The zero-order valence-corrected chi connectivity index (χ0v) is 14.2. The van der Waals surface area contributed by atoms with Crippen molar-refractivity contribution in [1.29, 1.82) is 0 Å². The lowest BCUT2D eigenvalue weighted by atomic mass is 10.2. The molecule has 0 amide bonds. The third kappa shape index (κ3) is 3.95. The maximum Gasteiger partial charge on any atom is 0.231 e. The van der Waals surface area contributed by atoms with E-state index < -0.39 is 6.10 Å². The molecule has 0 radical (unpaired) electrons. The number of hydrogen-bond acceptors (Lipinski definition) is 7. The van der Waals surface area contributed by atoms with Gasteiger partial charge in [-0.3, -0.25) is 0 Å². The fourth-order valence-corrected chi connectivity index (χ4v) is 2.79. The summed E-state index contributed by atoms with van der Waals surface area (Å²) in [6, 6.07) is 12.9. The normalized spacial score (nSPS) is 18.4. The molecule has 2 aromatic rings. The van der Waals surface area contributed by atoms with E-state index >= 15 is 0 Å². The molecule has 2 aliphatic rings. The lowest BCUT2D eigenvalue weighted by molar-refractivity contribution is 0.0778. The first-order chi connectivity index (χ1) is 12.8. The Kier molecular flexibility index (Phi) is 4.99. The summed E-state index contributed by atoms with van der Waals surface area (Å²) in [7, 11) is 0. The summed E-state index contributed by atoms with van der Waals surface area (Å²) in [5.41, 5.74) is 0. The molecule has 1 unspecified atom stereocenters. The monoisotopic (exact) mass is 359 g/mol. The zero-order chi connectivity index (χ0) is 17.8. The Bertz CT molecular complexity index is 753. The van der Waals surface area contributed by atoms with Crippen molar-refractivity contribution in [2.75, 3.05) is 33.1 Å². The second-order valence-corrected chi connectivity index (χ2v) is 6.14. The van der Waals surface area contributed by atoms with E-state index in [1.54, 1.807) is 18.2 Å². The molecule has 0 saturated carbocycles. The van der Waals surface area contributed by atoms with Gasteiger partial charge in [0.1, 0.15) is 31.2 Å². The van der Waals surface area contributed by atoms with Crippen LogP contribution in [0.2, 0.25) is 0 Å². The van der Waals surface area contributed by atoms with Crippen LogP contribution in [-0.2, 0) is 0 Å². The van der Waals surface area contributed by atoms with Crippen molar-refractivity contribution in [3.63, 3.8) is 0 Å². The van der Waals surface area contributed by atoms with Crippen molar-refractivity contribution >= 4 is 0 Å². The number of para-hydroxylation sites is 2. The number of rotatable bonds is 7. The number of hydrogen-bond donors (Lipinski definition) is 2. The van der Waals surface area contributed by atoms with E-state index in [2.05, 4.69) is 5.32 Å². The number of ether oxygens (including phenoxy) is 5. The molecule has 2 aromatic carbocycles. The van der Waals surface area contributed by atoms with Crippen LogP contribution in [0.5, 0.6) is 28.7 Å². The molecule has 2 N–H and O–H groups in total. The van der Waals surface area contributed by atoms with Gasteiger partial charge in [-0.15, -0.1) is 0 Å². The number of aliphatic hydroxyl groups excluding tert-OH is 1. The molecule has 0 fully saturated rings. The molecular weight excluding hydrogens is 338 g/mol. The number of nitrogens with one attached hydrogen (secondary N) is 1. The van der Waals surface area contributed by atoms with Crippen LogP contribution in [0.3, 0.4) is 0 Å². The topological polar surface area (TPSA) is 78.4 Å². The van der Waals surface area contributed by atoms with Gasteiger partial charge >= 0.3 is 0 Å². The summed E-state index contributed by atoms with van der Waals surface area (Å²) >= 11 is 0. The third-order valence-corrected chi connectivity index (χ3v) is 4.11. The molecule has 0 saturated heterocycles. The Morgan fingerprint density at radius 2 is 1.85 bits per heavy atom. The van der Waals surface area contributed by atoms with E-state index in [1.807, 2.05) is 24.3 Å². The average Bonchev–Trinajstić information content (AvgIpc) is 3.14. The highest BCUT2D eigenvalue weighted by molar-refractivity contribution is 5.46. The van der Waals surface area contributed by atoms with Crippen LogP contribution in [-0.4, -0.2) is 50.4 Å². The fourth-order valence-electron chi connectivity index (χ4n) is 2.79. The van der Waals surface area contributed by atoms with E-state index in [0.717, 1.165) is 11.5 Å². The van der Waals surface area contributed by atoms with Gasteiger partial charge in [0.15, 0.2) is 23.0 Å². The SMILES string of the molecule is O[C@@H](CNCC1COc2ccccc2O1)COc1ccc2c(c1)OCO2. The quantitative estimate of drug-likeness (QED) is 0.777. The van der Waals surface area contributed by atoms with E-state index in [9.17, 15) is 5.11 Å². The minimum Gasteiger partial charge on any atom is -0.491 e. The van der Waals surface area contributed by atoms with Gasteiger partial charge in [0.05, 0.1) is 0 Å². The van der Waals surface area contributed by atoms with Crippen LogP contribution < -0.4 is 29.0 Å². The van der Waals surface area contributed by atoms with E-state index in [1.165, 1.54) is 0 Å². The molecule has 2 heterocycles. The van der Waals surface area contributed by atoms with Crippen LogP contribution >= 0.6 is 0 Å². The molecule has 138 valence electrons. The van der Waals surface area contributed by atoms with Crippen LogP contribution in [0, 0.1) is 0 Å². The van der Waals surface area contributed by atoms with Gasteiger partial charge in [-0.2, -0.15) is 0 Å². The molecule has 0 spiro atoms. The summed E-state index contributed by atoms with van der Waals surface area (Å²) in [6.07, 6.45) is -0.732. The van der Waals surface area contributed by atoms with Crippen LogP contribution in [0.4, 0.5) is 0 Å². The van der Waals surface area contributed by atoms with E-state index in [-0.39, 0.29) is 19.5 Å². The van der Waals surface area contributed by atoms with Crippen molar-refractivity contribution in [1.82, 2.24) is 5.32 Å². The maximum atomic E-state index is 10.1. The lowest BCUT2D eigenvalue weighted by Gasteiger charge is -2.27. The summed E-state index contributed by atoms with van der Waals surface area (Å²) in [6.45, 7) is 1.86. The van der Waals surface area contributed by atoms with Crippen LogP contribution in [0.25, 0.3) is 0 Å². The number of aliphatic hydroxyl groups is 1. The van der Waals surface area contributed by atoms with E-state index in [4.69, 9.17) is 23.7 Å². The summed E-state index contributed by atoms with van der Waals surface area (Å²) < 4.78 is 27.7. The Morgan fingerprint density at radius 1 is 1.04 bits per heavy atom. The Morgan fingerprint density at radius 3 is 2.77 bits per heavy atom. The van der Waals surface area contributed by atoms with Gasteiger partial charge in [-0.05, 0) is 24.3 Å². The predicted molar refractivity (Wildman–Crippen MR) is 93.3 cm³/mol.